The lowest BCUT2D eigenvalue weighted by atomic mass is 10.2. The molecule has 2 N–H and O–H groups in total. The largest absolute Gasteiger partial charge is 0.346 e. The zero-order valence-corrected chi connectivity index (χ0v) is 13.9. The van der Waals surface area contributed by atoms with Gasteiger partial charge in [-0.1, -0.05) is 5.16 Å². The second kappa shape index (κ2) is 5.91. The Balaban J connectivity index is 1.27. The molecule has 2 aromatic heterocycles. The van der Waals surface area contributed by atoms with Crippen molar-refractivity contribution in [2.45, 2.75) is 63.1 Å². The van der Waals surface area contributed by atoms with Crippen LogP contribution in [0.25, 0.3) is 0 Å². The summed E-state index contributed by atoms with van der Waals surface area (Å²) in [6, 6.07) is 0.314. The maximum atomic E-state index is 12.0. The van der Waals surface area contributed by atoms with E-state index >= 15 is 0 Å². The Morgan fingerprint density at radius 1 is 1.24 bits per heavy atom. The number of hydrogen-bond donors (Lipinski definition) is 2. The lowest BCUT2D eigenvalue weighted by molar-refractivity contribution is 0.0937. The minimum absolute atomic E-state index is 0.0319. The first-order chi connectivity index (χ1) is 12.3. The van der Waals surface area contributed by atoms with E-state index in [1.54, 1.807) is 0 Å². The molecule has 3 fully saturated rings. The van der Waals surface area contributed by atoms with E-state index in [1.165, 1.54) is 12.8 Å². The lowest BCUT2D eigenvalue weighted by Gasteiger charge is -2.19. The maximum absolute atomic E-state index is 12.0. The van der Waals surface area contributed by atoms with Gasteiger partial charge in [0.2, 0.25) is 5.89 Å². The fourth-order valence-electron chi connectivity index (χ4n) is 3.33. The van der Waals surface area contributed by atoms with Gasteiger partial charge in [-0.3, -0.25) is 14.8 Å². The van der Waals surface area contributed by atoms with Gasteiger partial charge in [-0.15, -0.1) is 0 Å². The third-order valence-corrected chi connectivity index (χ3v) is 5.05. The number of nitrogens with one attached hydrogen (secondary N) is 2. The average molecular weight is 343 g/mol. The Kier molecular flexibility index (Phi) is 3.54. The third-order valence-electron chi connectivity index (χ3n) is 5.05. The Bertz CT molecular complexity index is 777. The van der Waals surface area contributed by atoms with Crippen LogP contribution < -0.4 is 5.32 Å². The Morgan fingerprint density at radius 2 is 2.12 bits per heavy atom. The molecule has 1 atom stereocenters. The highest BCUT2D eigenvalue weighted by Crippen LogP contribution is 2.38. The number of H-pyrrole nitrogens is 1. The molecule has 0 spiro atoms. The van der Waals surface area contributed by atoms with Crippen molar-refractivity contribution in [2.75, 3.05) is 6.54 Å². The number of aromatic nitrogens is 5. The van der Waals surface area contributed by atoms with Crippen LogP contribution in [0.1, 0.15) is 78.6 Å². The number of carbonyl (C=O) groups is 1. The van der Waals surface area contributed by atoms with Gasteiger partial charge in [0.25, 0.3) is 11.7 Å². The van der Waals surface area contributed by atoms with Gasteiger partial charge in [0.15, 0.2) is 5.82 Å². The predicted molar refractivity (Wildman–Crippen MR) is 85.5 cm³/mol. The van der Waals surface area contributed by atoms with Gasteiger partial charge < -0.3 is 9.84 Å². The van der Waals surface area contributed by atoms with Crippen molar-refractivity contribution in [3.05, 3.63) is 23.4 Å². The smallest absolute Gasteiger partial charge is 0.292 e. The van der Waals surface area contributed by atoms with Crippen LogP contribution in [-0.4, -0.2) is 48.7 Å². The Morgan fingerprint density at radius 3 is 2.92 bits per heavy atom. The minimum Gasteiger partial charge on any atom is -0.346 e. The Hall–Kier alpha value is -2.29. The second-order valence-electron chi connectivity index (χ2n) is 7.25. The molecule has 9 nitrogen and oxygen atoms in total. The molecule has 2 aliphatic carbocycles. The number of likely N-dealkylation sites (tertiary alicyclic amines) is 1. The quantitative estimate of drug-likeness (QED) is 0.812. The molecular formula is C16H21N7O2. The predicted octanol–water partition coefficient (Wildman–Crippen LogP) is 1.29. The van der Waals surface area contributed by atoms with Crippen LogP contribution in [0, 0.1) is 0 Å². The molecular weight excluding hydrogens is 322 g/mol. The first-order valence-electron chi connectivity index (χ1n) is 9.06. The van der Waals surface area contributed by atoms with Crippen molar-refractivity contribution in [1.29, 1.82) is 0 Å². The van der Waals surface area contributed by atoms with Crippen molar-refractivity contribution in [3.8, 4) is 0 Å². The molecule has 132 valence electrons. The lowest BCUT2D eigenvalue weighted by Crippen LogP contribution is -2.27. The monoisotopic (exact) mass is 343 g/mol. The van der Waals surface area contributed by atoms with Gasteiger partial charge in [-0.05, 0) is 45.1 Å². The van der Waals surface area contributed by atoms with E-state index in [9.17, 15) is 4.79 Å². The van der Waals surface area contributed by atoms with Gasteiger partial charge in [0.05, 0.1) is 12.6 Å². The van der Waals surface area contributed by atoms with Crippen molar-refractivity contribution < 1.29 is 9.32 Å². The molecule has 3 heterocycles. The van der Waals surface area contributed by atoms with Gasteiger partial charge in [0.1, 0.15) is 5.82 Å². The van der Waals surface area contributed by atoms with E-state index in [-0.39, 0.29) is 23.8 Å². The van der Waals surface area contributed by atoms with E-state index in [4.69, 9.17) is 4.52 Å². The van der Waals surface area contributed by atoms with Crippen LogP contribution in [0.4, 0.5) is 0 Å². The third kappa shape index (κ3) is 3.15. The summed E-state index contributed by atoms with van der Waals surface area (Å²) >= 11 is 0. The molecule has 0 bridgehead atoms. The summed E-state index contributed by atoms with van der Waals surface area (Å²) in [7, 11) is 0. The standard InChI is InChI=1S/C16H21N7O2/c24-15(17-10-5-6-10)14-19-16(25-22-14)11-2-1-7-23(11)8-12-18-13(21-20-12)9-3-4-9/h9-11H,1-8H2,(H,17,24)(H,18,20,21)/t11-/m0/s1. The summed E-state index contributed by atoms with van der Waals surface area (Å²) < 4.78 is 5.38. The summed E-state index contributed by atoms with van der Waals surface area (Å²) in [6.45, 7) is 1.62. The van der Waals surface area contributed by atoms with Gasteiger partial charge in [0, 0.05) is 12.0 Å². The molecule has 1 amide bonds. The Labute approximate surface area is 144 Å². The van der Waals surface area contributed by atoms with Crippen LogP contribution in [-0.2, 0) is 6.54 Å². The summed E-state index contributed by atoms with van der Waals surface area (Å²) in [5.41, 5.74) is 0. The molecule has 9 heteroatoms. The van der Waals surface area contributed by atoms with E-state index in [0.29, 0.717) is 18.4 Å². The average Bonchev–Trinajstić information content (AvgIpc) is 3.46. The number of aromatic amines is 1. The van der Waals surface area contributed by atoms with E-state index < -0.39 is 0 Å². The number of carbonyl (C=O) groups excluding carboxylic acids is 1. The molecule has 5 rings (SSSR count). The summed E-state index contributed by atoms with van der Waals surface area (Å²) in [6.07, 6.45) is 6.45. The van der Waals surface area contributed by atoms with Crippen LogP contribution in [0.3, 0.4) is 0 Å². The summed E-state index contributed by atoms with van der Waals surface area (Å²) in [5, 5.41) is 14.1. The van der Waals surface area contributed by atoms with Crippen molar-refractivity contribution in [1.82, 2.24) is 35.5 Å². The van der Waals surface area contributed by atoms with Crippen molar-refractivity contribution in [3.63, 3.8) is 0 Å². The molecule has 0 unspecified atom stereocenters. The van der Waals surface area contributed by atoms with Crippen LogP contribution in [0.2, 0.25) is 0 Å². The summed E-state index contributed by atoms with van der Waals surface area (Å²) in [5.74, 6) is 2.75. The van der Waals surface area contributed by atoms with Gasteiger partial charge in [-0.25, -0.2) is 4.98 Å². The minimum atomic E-state index is -0.244. The molecule has 2 aromatic rings. The number of amides is 1. The molecule has 25 heavy (non-hydrogen) atoms. The first-order valence-corrected chi connectivity index (χ1v) is 9.06. The fraction of sp³-hybridized carbons (Fsp3) is 0.688. The highest BCUT2D eigenvalue weighted by atomic mass is 16.5. The van der Waals surface area contributed by atoms with E-state index in [1.807, 2.05) is 0 Å². The molecule has 2 saturated carbocycles. The van der Waals surface area contributed by atoms with Crippen molar-refractivity contribution >= 4 is 5.91 Å². The molecule has 3 aliphatic rings. The zero-order chi connectivity index (χ0) is 16.8. The maximum Gasteiger partial charge on any atom is 0.292 e. The van der Waals surface area contributed by atoms with Crippen LogP contribution >= 0.6 is 0 Å². The topological polar surface area (TPSA) is 113 Å². The highest BCUT2D eigenvalue weighted by Gasteiger charge is 2.34. The van der Waals surface area contributed by atoms with Crippen LogP contribution in [0.15, 0.2) is 4.52 Å². The normalized spacial score (nSPS) is 23.9. The van der Waals surface area contributed by atoms with Crippen molar-refractivity contribution in [2.24, 2.45) is 0 Å². The summed E-state index contributed by atoms with van der Waals surface area (Å²) in [4.78, 5) is 23.2. The van der Waals surface area contributed by atoms with Crippen LogP contribution in [0.5, 0.6) is 0 Å². The molecule has 1 saturated heterocycles. The molecule has 0 aromatic carbocycles. The van der Waals surface area contributed by atoms with E-state index in [2.05, 4.69) is 35.5 Å². The fourth-order valence-corrected chi connectivity index (χ4v) is 3.33. The highest BCUT2D eigenvalue weighted by molar-refractivity contribution is 5.90. The van der Waals surface area contributed by atoms with Gasteiger partial charge >= 0.3 is 0 Å². The number of nitrogens with zero attached hydrogens (tertiary/aromatic N) is 5. The number of rotatable bonds is 6. The molecule has 0 radical (unpaired) electrons. The first kappa shape index (κ1) is 15.0. The second-order valence-corrected chi connectivity index (χ2v) is 7.25. The zero-order valence-electron chi connectivity index (χ0n) is 13.9. The molecule has 1 aliphatic heterocycles. The van der Waals surface area contributed by atoms with E-state index in [0.717, 1.165) is 43.9 Å². The van der Waals surface area contributed by atoms with Gasteiger partial charge in [-0.2, -0.15) is 10.1 Å². The number of hydrogen-bond acceptors (Lipinski definition) is 7. The SMILES string of the molecule is O=C(NC1CC1)c1noc([C@@H]2CCCN2Cc2nc(C3CC3)n[nH]2)n1.